The summed E-state index contributed by atoms with van der Waals surface area (Å²) in [6, 6.07) is 16.8. The first kappa shape index (κ1) is 16.2. The van der Waals surface area contributed by atoms with E-state index in [9.17, 15) is 9.59 Å². The molecule has 2 aromatic rings. The SMILES string of the molecule is CN(C(=O)Cc1ccc(NC(=O)C2(N)CC2)cc1)c1ccccc1. The van der Waals surface area contributed by atoms with Gasteiger partial charge in [-0.1, -0.05) is 30.3 Å². The van der Waals surface area contributed by atoms with Crippen molar-refractivity contribution in [3.8, 4) is 0 Å². The van der Waals surface area contributed by atoms with E-state index in [1.54, 1.807) is 24.1 Å². The van der Waals surface area contributed by atoms with Crippen LogP contribution in [-0.2, 0) is 16.0 Å². The highest BCUT2D eigenvalue weighted by Crippen LogP contribution is 2.33. The van der Waals surface area contributed by atoms with Crippen molar-refractivity contribution in [2.75, 3.05) is 17.3 Å². The second-order valence-electron chi connectivity index (χ2n) is 6.27. The molecule has 2 aromatic carbocycles. The quantitative estimate of drug-likeness (QED) is 0.886. The third-order valence-electron chi connectivity index (χ3n) is 4.33. The van der Waals surface area contributed by atoms with Gasteiger partial charge in [0.1, 0.15) is 0 Å². The van der Waals surface area contributed by atoms with Crippen molar-refractivity contribution < 1.29 is 9.59 Å². The molecule has 0 atom stereocenters. The summed E-state index contributed by atoms with van der Waals surface area (Å²) in [5.74, 6) is -0.132. The molecule has 24 heavy (non-hydrogen) atoms. The molecule has 5 heteroatoms. The van der Waals surface area contributed by atoms with Gasteiger partial charge in [-0.2, -0.15) is 0 Å². The lowest BCUT2D eigenvalue weighted by molar-refractivity contribution is -0.118. The van der Waals surface area contributed by atoms with Gasteiger partial charge in [-0.15, -0.1) is 0 Å². The van der Waals surface area contributed by atoms with Crippen molar-refractivity contribution in [1.29, 1.82) is 0 Å². The number of para-hydroxylation sites is 1. The zero-order valence-corrected chi connectivity index (χ0v) is 13.7. The molecule has 3 N–H and O–H groups in total. The van der Waals surface area contributed by atoms with Gasteiger partial charge in [0.25, 0.3) is 0 Å². The molecule has 0 heterocycles. The second-order valence-corrected chi connectivity index (χ2v) is 6.27. The Bertz CT molecular complexity index is 737. The molecule has 1 saturated carbocycles. The van der Waals surface area contributed by atoms with Crippen molar-refractivity contribution in [3.05, 3.63) is 60.2 Å². The fourth-order valence-electron chi connectivity index (χ4n) is 2.41. The first-order valence-electron chi connectivity index (χ1n) is 7.99. The Hall–Kier alpha value is -2.66. The number of hydrogen-bond acceptors (Lipinski definition) is 3. The predicted molar refractivity (Wildman–Crippen MR) is 94.8 cm³/mol. The Balaban J connectivity index is 1.59. The van der Waals surface area contributed by atoms with Crippen LogP contribution < -0.4 is 16.0 Å². The van der Waals surface area contributed by atoms with E-state index in [1.807, 2.05) is 42.5 Å². The Morgan fingerprint density at radius 1 is 1.08 bits per heavy atom. The summed E-state index contributed by atoms with van der Waals surface area (Å²) < 4.78 is 0. The molecular formula is C19H21N3O2. The van der Waals surface area contributed by atoms with Gasteiger partial charge in [0.05, 0.1) is 12.0 Å². The van der Waals surface area contributed by atoms with Crippen LogP contribution >= 0.6 is 0 Å². The Morgan fingerprint density at radius 3 is 2.29 bits per heavy atom. The summed E-state index contributed by atoms with van der Waals surface area (Å²) in [4.78, 5) is 25.9. The predicted octanol–water partition coefficient (Wildman–Crippen LogP) is 2.32. The van der Waals surface area contributed by atoms with Crippen LogP contribution in [0.5, 0.6) is 0 Å². The maximum atomic E-state index is 12.4. The molecule has 1 aliphatic rings. The summed E-state index contributed by atoms with van der Waals surface area (Å²) in [7, 11) is 1.77. The van der Waals surface area contributed by atoms with Crippen LogP contribution in [0.2, 0.25) is 0 Å². The molecule has 1 aliphatic carbocycles. The molecule has 1 fully saturated rings. The van der Waals surface area contributed by atoms with Crippen molar-refractivity contribution in [2.45, 2.75) is 24.8 Å². The monoisotopic (exact) mass is 323 g/mol. The van der Waals surface area contributed by atoms with Crippen molar-refractivity contribution in [1.82, 2.24) is 0 Å². The summed E-state index contributed by atoms with van der Waals surface area (Å²) in [5.41, 5.74) is 7.63. The summed E-state index contributed by atoms with van der Waals surface area (Å²) >= 11 is 0. The zero-order chi connectivity index (χ0) is 17.2. The van der Waals surface area contributed by atoms with Crippen LogP contribution in [0.4, 0.5) is 11.4 Å². The Kier molecular flexibility index (Phi) is 4.36. The average molecular weight is 323 g/mol. The number of amides is 2. The fraction of sp³-hybridized carbons (Fsp3) is 0.263. The van der Waals surface area contributed by atoms with E-state index in [-0.39, 0.29) is 11.8 Å². The van der Waals surface area contributed by atoms with Crippen molar-refractivity contribution in [2.24, 2.45) is 5.73 Å². The lowest BCUT2D eigenvalue weighted by atomic mass is 10.1. The largest absolute Gasteiger partial charge is 0.324 e. The summed E-state index contributed by atoms with van der Waals surface area (Å²) in [6.07, 6.45) is 1.77. The molecule has 5 nitrogen and oxygen atoms in total. The van der Waals surface area contributed by atoms with E-state index >= 15 is 0 Å². The minimum absolute atomic E-state index is 0.0110. The molecule has 0 radical (unpaired) electrons. The zero-order valence-electron chi connectivity index (χ0n) is 13.7. The molecule has 124 valence electrons. The van der Waals surface area contributed by atoms with E-state index in [2.05, 4.69) is 5.32 Å². The number of likely N-dealkylation sites (N-methyl/N-ethyl adjacent to an activating group) is 1. The minimum atomic E-state index is -0.687. The van der Waals surface area contributed by atoms with Crippen molar-refractivity contribution >= 4 is 23.2 Å². The molecule has 0 bridgehead atoms. The molecular weight excluding hydrogens is 302 g/mol. The molecule has 0 aromatic heterocycles. The number of benzene rings is 2. The topological polar surface area (TPSA) is 75.4 Å². The molecule has 0 spiro atoms. The maximum Gasteiger partial charge on any atom is 0.244 e. The van der Waals surface area contributed by atoms with E-state index in [0.717, 1.165) is 24.1 Å². The number of carbonyl (C=O) groups is 2. The summed E-state index contributed by atoms with van der Waals surface area (Å²) in [6.45, 7) is 0. The van der Waals surface area contributed by atoms with Crippen LogP contribution in [0.15, 0.2) is 54.6 Å². The van der Waals surface area contributed by atoms with Gasteiger partial charge in [-0.3, -0.25) is 9.59 Å². The number of carbonyl (C=O) groups excluding carboxylic acids is 2. The first-order chi connectivity index (χ1) is 11.5. The van der Waals surface area contributed by atoms with E-state index in [4.69, 9.17) is 5.73 Å². The van der Waals surface area contributed by atoms with Gasteiger partial charge in [0.2, 0.25) is 11.8 Å². The standard InChI is InChI=1S/C19H21N3O2/c1-22(16-5-3-2-4-6-16)17(23)13-14-7-9-15(10-8-14)21-18(24)19(20)11-12-19/h2-10H,11-13,20H2,1H3,(H,21,24). The maximum absolute atomic E-state index is 12.4. The lowest BCUT2D eigenvalue weighted by Gasteiger charge is -2.17. The van der Waals surface area contributed by atoms with Crippen LogP contribution in [0.1, 0.15) is 18.4 Å². The minimum Gasteiger partial charge on any atom is -0.324 e. The lowest BCUT2D eigenvalue weighted by Crippen LogP contribution is -2.37. The highest BCUT2D eigenvalue weighted by Gasteiger charge is 2.45. The smallest absolute Gasteiger partial charge is 0.244 e. The number of nitrogens with zero attached hydrogens (tertiary/aromatic N) is 1. The normalized spacial score (nSPS) is 14.8. The average Bonchev–Trinajstić information content (AvgIpc) is 3.35. The van der Waals surface area contributed by atoms with Crippen LogP contribution in [-0.4, -0.2) is 24.4 Å². The number of rotatable bonds is 5. The number of nitrogens with two attached hydrogens (primary N) is 1. The van der Waals surface area contributed by atoms with E-state index in [1.165, 1.54) is 0 Å². The fourth-order valence-corrected chi connectivity index (χ4v) is 2.41. The van der Waals surface area contributed by atoms with Crippen LogP contribution in [0, 0.1) is 0 Å². The van der Waals surface area contributed by atoms with Gasteiger partial charge in [-0.25, -0.2) is 0 Å². The highest BCUT2D eigenvalue weighted by molar-refractivity contribution is 6.00. The van der Waals surface area contributed by atoms with Gasteiger partial charge in [0, 0.05) is 18.4 Å². The summed E-state index contributed by atoms with van der Waals surface area (Å²) in [5, 5.41) is 2.81. The van der Waals surface area contributed by atoms with Gasteiger partial charge in [-0.05, 0) is 42.7 Å². The number of nitrogens with one attached hydrogen (secondary N) is 1. The molecule has 2 amide bonds. The van der Waals surface area contributed by atoms with Crippen molar-refractivity contribution in [3.63, 3.8) is 0 Å². The van der Waals surface area contributed by atoms with Crippen LogP contribution in [0.25, 0.3) is 0 Å². The van der Waals surface area contributed by atoms with E-state index in [0.29, 0.717) is 12.1 Å². The second kappa shape index (κ2) is 6.45. The highest BCUT2D eigenvalue weighted by atomic mass is 16.2. The molecule has 0 aliphatic heterocycles. The first-order valence-corrected chi connectivity index (χ1v) is 7.99. The van der Waals surface area contributed by atoms with Gasteiger partial charge in [0.15, 0.2) is 0 Å². The molecule has 0 saturated heterocycles. The van der Waals surface area contributed by atoms with E-state index < -0.39 is 5.54 Å². The molecule has 0 unspecified atom stereocenters. The number of anilines is 2. The Morgan fingerprint density at radius 2 is 1.71 bits per heavy atom. The van der Waals surface area contributed by atoms with Gasteiger partial charge >= 0.3 is 0 Å². The van der Waals surface area contributed by atoms with Gasteiger partial charge < -0.3 is 16.0 Å². The van der Waals surface area contributed by atoms with Crippen LogP contribution in [0.3, 0.4) is 0 Å². The Labute approximate surface area is 141 Å². The third-order valence-corrected chi connectivity index (χ3v) is 4.33. The molecule has 3 rings (SSSR count). The third kappa shape index (κ3) is 3.63. The number of hydrogen-bond donors (Lipinski definition) is 2.